The Balaban J connectivity index is 2.27. The van der Waals surface area contributed by atoms with Gasteiger partial charge in [0.2, 0.25) is 0 Å². The summed E-state index contributed by atoms with van der Waals surface area (Å²) in [7, 11) is 0. The highest BCUT2D eigenvalue weighted by atomic mass is 19.1. The van der Waals surface area contributed by atoms with E-state index in [1.165, 1.54) is 24.9 Å². The fourth-order valence-corrected chi connectivity index (χ4v) is 1.45. The van der Waals surface area contributed by atoms with E-state index in [0.717, 1.165) is 5.56 Å². The zero-order valence-electron chi connectivity index (χ0n) is 7.83. The third kappa shape index (κ3) is 1.98. The molecule has 0 bridgehead atoms. The summed E-state index contributed by atoms with van der Waals surface area (Å²) in [6, 6.07) is 4.31. The molecule has 2 aromatic rings. The molecular weight excluding hydrogens is 199 g/mol. The predicted octanol–water partition coefficient (Wildman–Crippen LogP) is 2.20. The van der Waals surface area contributed by atoms with E-state index in [0.29, 0.717) is 17.4 Å². The zero-order valence-corrected chi connectivity index (χ0v) is 7.83. The molecule has 0 aliphatic rings. The molecular formula is C11H8FO3. The highest BCUT2D eigenvalue weighted by Gasteiger charge is 2.06. The average molecular weight is 207 g/mol. The number of rotatable bonds is 4. The molecule has 2 rings (SSSR count). The van der Waals surface area contributed by atoms with Crippen molar-refractivity contribution in [3.63, 3.8) is 0 Å². The van der Waals surface area contributed by atoms with Gasteiger partial charge in [0, 0.05) is 17.4 Å². The van der Waals surface area contributed by atoms with Gasteiger partial charge in [-0.1, -0.05) is 0 Å². The molecule has 0 spiro atoms. The normalized spacial score (nSPS) is 10.5. The van der Waals surface area contributed by atoms with Crippen LogP contribution in [-0.2, 0) is 16.0 Å². The molecule has 0 saturated heterocycles. The molecule has 77 valence electrons. The summed E-state index contributed by atoms with van der Waals surface area (Å²) in [5, 5.41) is 0.712. The number of ether oxygens (including phenoxy) is 1. The van der Waals surface area contributed by atoms with Crippen molar-refractivity contribution in [1.82, 2.24) is 0 Å². The number of hydrogen-bond acceptors (Lipinski definition) is 3. The van der Waals surface area contributed by atoms with Crippen LogP contribution in [0.15, 0.2) is 28.9 Å². The van der Waals surface area contributed by atoms with Gasteiger partial charge in [0.05, 0.1) is 12.9 Å². The maximum atomic E-state index is 12.9. The second-order valence-electron chi connectivity index (χ2n) is 3.08. The third-order valence-electron chi connectivity index (χ3n) is 2.15. The van der Waals surface area contributed by atoms with Crippen molar-refractivity contribution < 1.29 is 18.3 Å². The Hall–Kier alpha value is -1.84. The minimum absolute atomic E-state index is 0.217. The van der Waals surface area contributed by atoms with Gasteiger partial charge >= 0.3 is 6.47 Å². The van der Waals surface area contributed by atoms with Crippen LogP contribution in [-0.4, -0.2) is 13.1 Å². The molecule has 0 N–H and O–H groups in total. The fraction of sp³-hybridized carbons (Fsp3) is 0.182. The first kappa shape index (κ1) is 9.71. The van der Waals surface area contributed by atoms with Crippen molar-refractivity contribution in [2.75, 3.05) is 6.61 Å². The molecule has 15 heavy (non-hydrogen) atoms. The van der Waals surface area contributed by atoms with Gasteiger partial charge in [0.15, 0.2) is 0 Å². The molecule has 1 heterocycles. The third-order valence-corrected chi connectivity index (χ3v) is 2.15. The Bertz CT molecular complexity index is 476. The van der Waals surface area contributed by atoms with Crippen LogP contribution in [0.3, 0.4) is 0 Å². The number of fused-ring (bicyclic) bond motifs is 1. The smallest absolute Gasteiger partial charge is 0.417 e. The number of benzene rings is 1. The van der Waals surface area contributed by atoms with Crippen molar-refractivity contribution in [3.05, 3.63) is 35.8 Å². The van der Waals surface area contributed by atoms with E-state index in [2.05, 4.69) is 4.74 Å². The van der Waals surface area contributed by atoms with Crippen molar-refractivity contribution >= 4 is 17.4 Å². The first-order chi connectivity index (χ1) is 7.31. The van der Waals surface area contributed by atoms with E-state index in [1.807, 2.05) is 0 Å². The first-order valence-electron chi connectivity index (χ1n) is 4.46. The van der Waals surface area contributed by atoms with Gasteiger partial charge in [-0.15, -0.1) is 0 Å². The predicted molar refractivity (Wildman–Crippen MR) is 51.5 cm³/mol. The van der Waals surface area contributed by atoms with Crippen molar-refractivity contribution in [2.45, 2.75) is 6.42 Å². The minimum Gasteiger partial charge on any atom is -0.464 e. The largest absolute Gasteiger partial charge is 0.464 e. The quantitative estimate of drug-likeness (QED) is 0.721. The Morgan fingerprint density at radius 3 is 3.13 bits per heavy atom. The lowest BCUT2D eigenvalue weighted by Crippen LogP contribution is -1.95. The standard InChI is InChI=1S/C11H8FO3/c12-9-1-2-11-10(5-9)8(6-15-11)3-4-14-7-13/h1-2,5-6H,3-4H2. The van der Waals surface area contributed by atoms with Crippen molar-refractivity contribution in [1.29, 1.82) is 0 Å². The lowest BCUT2D eigenvalue weighted by Gasteiger charge is -1.96. The summed E-state index contributed by atoms with van der Waals surface area (Å²) in [4.78, 5) is 9.82. The highest BCUT2D eigenvalue weighted by molar-refractivity contribution is 5.81. The molecule has 1 radical (unpaired) electrons. The van der Waals surface area contributed by atoms with Crippen LogP contribution < -0.4 is 0 Å². The molecule has 0 aliphatic carbocycles. The average Bonchev–Trinajstić information content (AvgIpc) is 2.62. The van der Waals surface area contributed by atoms with E-state index in [4.69, 9.17) is 4.42 Å². The van der Waals surface area contributed by atoms with Crippen LogP contribution in [0.5, 0.6) is 0 Å². The SMILES string of the molecule is O=[C]OCCc1coc2ccc(F)cc12. The Morgan fingerprint density at radius 1 is 1.47 bits per heavy atom. The molecule has 4 heteroatoms. The fourth-order valence-electron chi connectivity index (χ4n) is 1.45. The summed E-state index contributed by atoms with van der Waals surface area (Å²) < 4.78 is 22.6. The molecule has 3 nitrogen and oxygen atoms in total. The summed E-state index contributed by atoms with van der Waals surface area (Å²) in [5.41, 5.74) is 1.45. The summed E-state index contributed by atoms with van der Waals surface area (Å²) in [6.45, 7) is 1.55. The van der Waals surface area contributed by atoms with E-state index in [1.54, 1.807) is 6.07 Å². The monoisotopic (exact) mass is 207 g/mol. The van der Waals surface area contributed by atoms with E-state index in [9.17, 15) is 9.18 Å². The molecule has 1 aromatic heterocycles. The highest BCUT2D eigenvalue weighted by Crippen LogP contribution is 2.22. The van der Waals surface area contributed by atoms with Gasteiger partial charge in [0.1, 0.15) is 11.4 Å². The lowest BCUT2D eigenvalue weighted by atomic mass is 10.1. The van der Waals surface area contributed by atoms with Gasteiger partial charge in [-0.25, -0.2) is 9.18 Å². The molecule has 0 fully saturated rings. The van der Waals surface area contributed by atoms with Gasteiger partial charge in [0.25, 0.3) is 0 Å². The van der Waals surface area contributed by atoms with Crippen LogP contribution >= 0.6 is 0 Å². The molecule has 0 aliphatic heterocycles. The second-order valence-corrected chi connectivity index (χ2v) is 3.08. The summed E-state index contributed by atoms with van der Waals surface area (Å²) >= 11 is 0. The number of furan rings is 1. The van der Waals surface area contributed by atoms with Gasteiger partial charge in [-0.05, 0) is 18.2 Å². The minimum atomic E-state index is -0.312. The lowest BCUT2D eigenvalue weighted by molar-refractivity contribution is 0.281. The molecule has 0 amide bonds. The van der Waals surface area contributed by atoms with Crippen LogP contribution in [0.2, 0.25) is 0 Å². The summed E-state index contributed by atoms with van der Waals surface area (Å²) in [5.74, 6) is -0.312. The first-order valence-corrected chi connectivity index (χ1v) is 4.46. The Labute approximate surface area is 85.4 Å². The maximum absolute atomic E-state index is 12.9. The Kier molecular flexibility index (Phi) is 2.67. The second kappa shape index (κ2) is 4.13. The van der Waals surface area contributed by atoms with E-state index in [-0.39, 0.29) is 12.4 Å². The molecule has 1 aromatic carbocycles. The van der Waals surface area contributed by atoms with Gasteiger partial charge < -0.3 is 9.15 Å². The molecule has 0 atom stereocenters. The Morgan fingerprint density at radius 2 is 2.33 bits per heavy atom. The number of carbonyl (C=O) groups excluding carboxylic acids is 1. The summed E-state index contributed by atoms with van der Waals surface area (Å²) in [6.07, 6.45) is 2.03. The molecule has 0 unspecified atom stereocenters. The van der Waals surface area contributed by atoms with Crippen LogP contribution in [0.1, 0.15) is 5.56 Å². The maximum Gasteiger partial charge on any atom is 0.417 e. The topological polar surface area (TPSA) is 39.4 Å². The van der Waals surface area contributed by atoms with Gasteiger partial charge in [-0.3, -0.25) is 0 Å². The number of hydrogen-bond donors (Lipinski definition) is 0. The van der Waals surface area contributed by atoms with Crippen LogP contribution in [0, 0.1) is 5.82 Å². The van der Waals surface area contributed by atoms with E-state index >= 15 is 0 Å². The number of halogens is 1. The zero-order chi connectivity index (χ0) is 10.7. The van der Waals surface area contributed by atoms with Gasteiger partial charge in [-0.2, -0.15) is 0 Å². The van der Waals surface area contributed by atoms with Crippen molar-refractivity contribution in [2.24, 2.45) is 0 Å². The van der Waals surface area contributed by atoms with E-state index < -0.39 is 0 Å². The van der Waals surface area contributed by atoms with Crippen molar-refractivity contribution in [3.8, 4) is 0 Å². The van der Waals surface area contributed by atoms with Crippen LogP contribution in [0.4, 0.5) is 4.39 Å². The molecule has 0 saturated carbocycles. The van der Waals surface area contributed by atoms with Crippen LogP contribution in [0.25, 0.3) is 11.0 Å².